The summed E-state index contributed by atoms with van der Waals surface area (Å²) in [4.78, 5) is 17.1. The van der Waals surface area contributed by atoms with Crippen LogP contribution in [0.15, 0.2) is 54.6 Å². The molecule has 1 aliphatic heterocycles. The van der Waals surface area contributed by atoms with E-state index in [0.29, 0.717) is 6.54 Å². The minimum atomic E-state index is 0.0908. The van der Waals surface area contributed by atoms with Crippen molar-refractivity contribution in [2.24, 2.45) is 0 Å². The Kier molecular flexibility index (Phi) is 7.13. The largest absolute Gasteiger partial charge is 0.368 e. The van der Waals surface area contributed by atoms with Gasteiger partial charge in [0, 0.05) is 26.2 Å². The van der Waals surface area contributed by atoms with E-state index in [9.17, 15) is 4.79 Å². The molecule has 0 spiro atoms. The second-order valence-electron chi connectivity index (χ2n) is 7.03. The number of piperazine rings is 1. The fourth-order valence-electron chi connectivity index (χ4n) is 3.59. The molecule has 1 heterocycles. The Morgan fingerprint density at radius 1 is 1.04 bits per heavy atom. The van der Waals surface area contributed by atoms with Crippen LogP contribution in [0.25, 0.3) is 0 Å². The number of benzene rings is 2. The van der Waals surface area contributed by atoms with E-state index in [1.165, 1.54) is 5.56 Å². The number of anilines is 1. The molecular weight excluding hydrogens is 358 g/mol. The summed E-state index contributed by atoms with van der Waals surface area (Å²) in [5, 5.41) is 4.00. The zero-order valence-corrected chi connectivity index (χ0v) is 16.7. The molecule has 1 aliphatic rings. The fourth-order valence-corrected chi connectivity index (χ4v) is 3.85. The van der Waals surface area contributed by atoms with E-state index >= 15 is 0 Å². The smallest absolute Gasteiger partial charge is 0.234 e. The first-order chi connectivity index (χ1) is 13.2. The number of hydrogen-bond acceptors (Lipinski definition) is 3. The molecule has 2 aromatic carbocycles. The van der Waals surface area contributed by atoms with Gasteiger partial charge >= 0.3 is 0 Å². The lowest BCUT2D eigenvalue weighted by Crippen LogP contribution is -2.49. The molecule has 5 heteroatoms. The van der Waals surface area contributed by atoms with Crippen molar-refractivity contribution in [1.82, 2.24) is 10.2 Å². The van der Waals surface area contributed by atoms with Gasteiger partial charge in [-0.15, -0.1) is 0 Å². The van der Waals surface area contributed by atoms with Gasteiger partial charge in [0.2, 0.25) is 5.91 Å². The summed E-state index contributed by atoms with van der Waals surface area (Å²) in [6.07, 6.45) is 1.99. The predicted octanol–water partition coefficient (Wildman–Crippen LogP) is 4.12. The van der Waals surface area contributed by atoms with E-state index in [-0.39, 0.29) is 11.9 Å². The number of rotatable bonds is 7. The molecule has 1 N–H and O–H groups in total. The van der Waals surface area contributed by atoms with Crippen molar-refractivity contribution in [1.29, 1.82) is 0 Å². The first-order valence-electron chi connectivity index (χ1n) is 9.73. The number of hydrogen-bond donors (Lipinski definition) is 1. The summed E-state index contributed by atoms with van der Waals surface area (Å²) < 4.78 is 0. The van der Waals surface area contributed by atoms with Gasteiger partial charge in [0.25, 0.3) is 0 Å². The Labute approximate surface area is 167 Å². The van der Waals surface area contributed by atoms with E-state index in [0.717, 1.165) is 49.7 Å². The minimum absolute atomic E-state index is 0.0908. The third-order valence-corrected chi connectivity index (χ3v) is 5.37. The van der Waals surface area contributed by atoms with Crippen LogP contribution in [0.2, 0.25) is 5.02 Å². The summed E-state index contributed by atoms with van der Waals surface area (Å²) >= 11 is 6.30. The van der Waals surface area contributed by atoms with Gasteiger partial charge in [0.05, 0.1) is 23.3 Å². The molecule has 1 amide bonds. The summed E-state index contributed by atoms with van der Waals surface area (Å²) in [5.41, 5.74) is 2.26. The second kappa shape index (κ2) is 9.77. The van der Waals surface area contributed by atoms with E-state index in [1.807, 2.05) is 36.4 Å². The van der Waals surface area contributed by atoms with Crippen LogP contribution in [-0.2, 0) is 4.79 Å². The molecule has 0 unspecified atom stereocenters. The van der Waals surface area contributed by atoms with Gasteiger partial charge in [-0.1, -0.05) is 67.4 Å². The van der Waals surface area contributed by atoms with Gasteiger partial charge < -0.3 is 10.2 Å². The molecule has 0 bridgehead atoms. The van der Waals surface area contributed by atoms with Crippen molar-refractivity contribution in [2.45, 2.75) is 25.8 Å². The van der Waals surface area contributed by atoms with Crippen LogP contribution >= 0.6 is 11.6 Å². The van der Waals surface area contributed by atoms with E-state index in [4.69, 9.17) is 11.6 Å². The van der Waals surface area contributed by atoms with Crippen LogP contribution in [0.5, 0.6) is 0 Å². The van der Waals surface area contributed by atoms with Crippen LogP contribution in [-0.4, -0.2) is 43.5 Å². The molecule has 1 fully saturated rings. The highest BCUT2D eigenvalue weighted by Crippen LogP contribution is 2.26. The number of para-hydroxylation sites is 1. The third kappa shape index (κ3) is 5.47. The Bertz CT molecular complexity index is 729. The van der Waals surface area contributed by atoms with Gasteiger partial charge in [-0.3, -0.25) is 9.69 Å². The maximum absolute atomic E-state index is 12.6. The Morgan fingerprint density at radius 3 is 2.37 bits per heavy atom. The number of amides is 1. The molecule has 0 saturated carbocycles. The zero-order valence-electron chi connectivity index (χ0n) is 15.9. The first-order valence-corrected chi connectivity index (χ1v) is 10.1. The molecule has 1 saturated heterocycles. The average molecular weight is 386 g/mol. The first kappa shape index (κ1) is 19.7. The van der Waals surface area contributed by atoms with Crippen LogP contribution in [0.3, 0.4) is 0 Å². The predicted molar refractivity (Wildman–Crippen MR) is 112 cm³/mol. The molecule has 0 aromatic heterocycles. The molecule has 27 heavy (non-hydrogen) atoms. The summed E-state index contributed by atoms with van der Waals surface area (Å²) in [5.74, 6) is 0.100. The molecule has 2 aromatic rings. The Hall–Kier alpha value is -2.04. The van der Waals surface area contributed by atoms with Gasteiger partial charge in [-0.2, -0.15) is 0 Å². The minimum Gasteiger partial charge on any atom is -0.368 e. The van der Waals surface area contributed by atoms with E-state index in [1.54, 1.807) is 0 Å². The monoisotopic (exact) mass is 385 g/mol. The average Bonchev–Trinajstić information content (AvgIpc) is 2.69. The maximum Gasteiger partial charge on any atom is 0.234 e. The molecule has 4 nitrogen and oxygen atoms in total. The van der Waals surface area contributed by atoms with Crippen molar-refractivity contribution in [3.63, 3.8) is 0 Å². The van der Waals surface area contributed by atoms with Crippen molar-refractivity contribution in [2.75, 3.05) is 37.6 Å². The zero-order chi connectivity index (χ0) is 19.1. The lowest BCUT2D eigenvalue weighted by molar-refractivity contribution is -0.123. The van der Waals surface area contributed by atoms with Crippen LogP contribution in [0.4, 0.5) is 5.69 Å². The number of halogens is 1. The van der Waals surface area contributed by atoms with Gasteiger partial charge in [0.15, 0.2) is 0 Å². The van der Waals surface area contributed by atoms with Gasteiger partial charge in [-0.25, -0.2) is 0 Å². The van der Waals surface area contributed by atoms with Gasteiger partial charge in [-0.05, 0) is 24.1 Å². The van der Waals surface area contributed by atoms with Crippen molar-refractivity contribution in [3.8, 4) is 0 Å². The van der Waals surface area contributed by atoms with E-state index < -0.39 is 0 Å². The maximum atomic E-state index is 12.6. The Morgan fingerprint density at radius 2 is 1.70 bits per heavy atom. The SMILES string of the molecule is CCC[C@H](NC(=O)CN1CCN(c2ccccc2Cl)CC1)c1ccccc1. The van der Waals surface area contributed by atoms with Crippen LogP contribution in [0, 0.1) is 0 Å². The normalized spacial score (nSPS) is 16.1. The van der Waals surface area contributed by atoms with E-state index in [2.05, 4.69) is 40.2 Å². The highest BCUT2D eigenvalue weighted by Gasteiger charge is 2.21. The summed E-state index contributed by atoms with van der Waals surface area (Å²) in [6, 6.07) is 18.3. The third-order valence-electron chi connectivity index (χ3n) is 5.05. The standard InChI is InChI=1S/C22H28ClN3O/c1-2-8-20(18-9-4-3-5-10-18)24-22(27)17-25-13-15-26(16-14-25)21-12-7-6-11-19(21)23/h3-7,9-12,20H,2,8,13-17H2,1H3,(H,24,27)/t20-/m0/s1. The van der Waals surface area contributed by atoms with Gasteiger partial charge in [0.1, 0.15) is 0 Å². The molecule has 0 aliphatic carbocycles. The second-order valence-corrected chi connectivity index (χ2v) is 7.44. The number of nitrogens with zero attached hydrogens (tertiary/aromatic N) is 2. The lowest BCUT2D eigenvalue weighted by atomic mass is 10.0. The molecular formula is C22H28ClN3O. The molecule has 1 atom stereocenters. The summed E-state index contributed by atoms with van der Waals surface area (Å²) in [6.45, 7) is 6.09. The summed E-state index contributed by atoms with van der Waals surface area (Å²) in [7, 11) is 0. The molecule has 144 valence electrons. The quantitative estimate of drug-likeness (QED) is 0.778. The highest BCUT2D eigenvalue weighted by molar-refractivity contribution is 6.33. The number of nitrogens with one attached hydrogen (secondary N) is 1. The number of carbonyl (C=O) groups is 1. The molecule has 0 radical (unpaired) electrons. The lowest BCUT2D eigenvalue weighted by Gasteiger charge is -2.36. The van der Waals surface area contributed by atoms with Crippen molar-refractivity contribution < 1.29 is 4.79 Å². The topological polar surface area (TPSA) is 35.6 Å². The Balaban J connectivity index is 1.51. The van der Waals surface area contributed by atoms with Crippen LogP contribution in [0.1, 0.15) is 31.4 Å². The number of carbonyl (C=O) groups excluding carboxylic acids is 1. The van der Waals surface area contributed by atoms with Crippen LogP contribution < -0.4 is 10.2 Å². The fraction of sp³-hybridized carbons (Fsp3) is 0.409. The van der Waals surface area contributed by atoms with Crippen molar-refractivity contribution >= 4 is 23.2 Å². The molecule has 3 rings (SSSR count). The highest BCUT2D eigenvalue weighted by atomic mass is 35.5. The van der Waals surface area contributed by atoms with Crippen molar-refractivity contribution in [3.05, 3.63) is 65.2 Å².